The van der Waals surface area contributed by atoms with Gasteiger partial charge in [-0.15, -0.1) is 11.3 Å². The molecule has 0 amide bonds. The van der Waals surface area contributed by atoms with E-state index in [9.17, 15) is 4.79 Å². The highest BCUT2D eigenvalue weighted by Crippen LogP contribution is 2.40. The third-order valence-corrected chi connectivity index (χ3v) is 6.03. The number of esters is 1. The van der Waals surface area contributed by atoms with Gasteiger partial charge in [0.25, 0.3) is 0 Å². The van der Waals surface area contributed by atoms with E-state index in [0.29, 0.717) is 18.1 Å². The highest BCUT2D eigenvalue weighted by atomic mass is 32.1. The van der Waals surface area contributed by atoms with Gasteiger partial charge in [-0.1, -0.05) is 42.5 Å². The number of carbonyl (C=O) groups excluding carboxylic acids is 1. The Morgan fingerprint density at radius 1 is 1.11 bits per heavy atom. The minimum atomic E-state index is -0.231. The standard InChI is InChI=1S/C23H23NO2S/c1-2-26-23(25)21-20(15-27-22(21)24-19-10-4-3-5-11-19)18-13-12-16-8-6-7-9-17(16)14-18/h3-11,15,18,24H,2,12-14H2,1H3. The number of hydrogen-bond donors (Lipinski definition) is 1. The molecule has 2 aromatic carbocycles. The summed E-state index contributed by atoms with van der Waals surface area (Å²) in [6, 6.07) is 18.6. The van der Waals surface area contributed by atoms with Crippen molar-refractivity contribution in [3.8, 4) is 0 Å². The Bertz CT molecular complexity index is 933. The van der Waals surface area contributed by atoms with Crippen LogP contribution >= 0.6 is 11.3 Å². The van der Waals surface area contributed by atoms with E-state index in [1.807, 2.05) is 37.3 Å². The van der Waals surface area contributed by atoms with Gasteiger partial charge in [0.2, 0.25) is 0 Å². The van der Waals surface area contributed by atoms with Gasteiger partial charge in [-0.3, -0.25) is 0 Å². The van der Waals surface area contributed by atoms with E-state index < -0.39 is 0 Å². The summed E-state index contributed by atoms with van der Waals surface area (Å²) in [4.78, 5) is 12.8. The van der Waals surface area contributed by atoms with Crippen molar-refractivity contribution >= 4 is 28.0 Å². The first kappa shape index (κ1) is 17.8. The molecule has 1 aliphatic rings. The molecule has 0 aliphatic heterocycles. The van der Waals surface area contributed by atoms with Crippen molar-refractivity contribution in [3.05, 3.63) is 82.2 Å². The zero-order valence-corrected chi connectivity index (χ0v) is 16.2. The molecule has 3 nitrogen and oxygen atoms in total. The van der Waals surface area contributed by atoms with Crippen LogP contribution in [0.5, 0.6) is 0 Å². The summed E-state index contributed by atoms with van der Waals surface area (Å²) in [6.45, 7) is 2.23. The predicted molar refractivity (Wildman–Crippen MR) is 111 cm³/mol. The number of fused-ring (bicyclic) bond motifs is 1. The Kier molecular flexibility index (Phi) is 5.26. The molecule has 1 N–H and O–H groups in total. The second kappa shape index (κ2) is 7.97. The lowest BCUT2D eigenvalue weighted by Gasteiger charge is -2.25. The predicted octanol–water partition coefficient (Wildman–Crippen LogP) is 5.94. The van der Waals surface area contributed by atoms with Crippen LogP contribution in [0.3, 0.4) is 0 Å². The van der Waals surface area contributed by atoms with Crippen molar-refractivity contribution in [2.45, 2.75) is 32.1 Å². The average Bonchev–Trinajstić information content (AvgIpc) is 3.12. The van der Waals surface area contributed by atoms with Crippen LogP contribution in [0.1, 0.15) is 46.3 Å². The molecule has 1 heterocycles. The SMILES string of the molecule is CCOC(=O)c1c(C2CCc3ccccc3C2)csc1Nc1ccccc1. The molecule has 1 atom stereocenters. The van der Waals surface area contributed by atoms with Gasteiger partial charge in [0, 0.05) is 5.69 Å². The molecule has 0 bridgehead atoms. The minimum absolute atomic E-state index is 0.231. The van der Waals surface area contributed by atoms with Crippen LogP contribution in [0, 0.1) is 0 Å². The molecule has 0 saturated heterocycles. The highest BCUT2D eigenvalue weighted by molar-refractivity contribution is 7.14. The van der Waals surface area contributed by atoms with Gasteiger partial charge in [-0.05, 0) is 66.3 Å². The second-order valence-electron chi connectivity index (χ2n) is 6.82. The summed E-state index contributed by atoms with van der Waals surface area (Å²) in [5.74, 6) is 0.118. The number of para-hydroxylation sites is 1. The summed E-state index contributed by atoms with van der Waals surface area (Å²) in [7, 11) is 0. The van der Waals surface area contributed by atoms with Crippen LogP contribution in [-0.2, 0) is 17.6 Å². The molecule has 0 saturated carbocycles. The van der Waals surface area contributed by atoms with Crippen molar-refractivity contribution < 1.29 is 9.53 Å². The zero-order chi connectivity index (χ0) is 18.6. The van der Waals surface area contributed by atoms with Gasteiger partial charge >= 0.3 is 5.97 Å². The summed E-state index contributed by atoms with van der Waals surface area (Å²) in [6.07, 6.45) is 3.09. The van der Waals surface area contributed by atoms with Crippen molar-refractivity contribution in [3.63, 3.8) is 0 Å². The Labute approximate surface area is 164 Å². The summed E-state index contributed by atoms with van der Waals surface area (Å²) in [5, 5.41) is 6.41. The van der Waals surface area contributed by atoms with E-state index in [0.717, 1.165) is 35.5 Å². The van der Waals surface area contributed by atoms with Crippen molar-refractivity contribution in [2.75, 3.05) is 11.9 Å². The van der Waals surface area contributed by atoms with Crippen molar-refractivity contribution in [2.24, 2.45) is 0 Å². The topological polar surface area (TPSA) is 38.3 Å². The molecule has 138 valence electrons. The Balaban J connectivity index is 1.67. The van der Waals surface area contributed by atoms with E-state index in [1.54, 1.807) is 11.3 Å². The largest absolute Gasteiger partial charge is 0.462 e. The first-order valence-electron chi connectivity index (χ1n) is 9.43. The number of aryl methyl sites for hydroxylation is 1. The number of nitrogens with one attached hydrogen (secondary N) is 1. The molecule has 1 aliphatic carbocycles. The fraction of sp³-hybridized carbons (Fsp3) is 0.261. The molecule has 0 fully saturated rings. The first-order chi connectivity index (χ1) is 13.3. The van der Waals surface area contributed by atoms with E-state index in [-0.39, 0.29) is 5.97 Å². The number of carbonyl (C=O) groups is 1. The van der Waals surface area contributed by atoms with Crippen LogP contribution in [0.15, 0.2) is 60.0 Å². The van der Waals surface area contributed by atoms with Crippen molar-refractivity contribution in [1.82, 2.24) is 0 Å². The number of rotatable bonds is 5. The van der Waals surface area contributed by atoms with Gasteiger partial charge in [-0.25, -0.2) is 4.79 Å². The Hall–Kier alpha value is -2.59. The van der Waals surface area contributed by atoms with E-state index >= 15 is 0 Å². The van der Waals surface area contributed by atoms with E-state index in [2.05, 4.69) is 35.0 Å². The molecule has 0 spiro atoms. The van der Waals surface area contributed by atoms with Gasteiger partial charge in [0.1, 0.15) is 5.00 Å². The summed E-state index contributed by atoms with van der Waals surface area (Å²) >= 11 is 1.59. The van der Waals surface area contributed by atoms with Crippen LogP contribution in [-0.4, -0.2) is 12.6 Å². The average molecular weight is 378 g/mol. The molecule has 4 heteroatoms. The highest BCUT2D eigenvalue weighted by Gasteiger charge is 2.28. The van der Waals surface area contributed by atoms with Gasteiger partial charge < -0.3 is 10.1 Å². The molecular formula is C23H23NO2S. The van der Waals surface area contributed by atoms with E-state index in [4.69, 9.17) is 4.74 Å². The molecular weight excluding hydrogens is 354 g/mol. The molecule has 1 unspecified atom stereocenters. The minimum Gasteiger partial charge on any atom is -0.462 e. The number of benzene rings is 2. The normalized spacial score (nSPS) is 15.8. The maximum absolute atomic E-state index is 12.8. The summed E-state index contributed by atoms with van der Waals surface area (Å²) in [5.41, 5.74) is 5.63. The van der Waals surface area contributed by atoms with Crippen molar-refractivity contribution in [1.29, 1.82) is 0 Å². The summed E-state index contributed by atoms with van der Waals surface area (Å²) < 4.78 is 5.39. The monoisotopic (exact) mass is 377 g/mol. The lowest BCUT2D eigenvalue weighted by atomic mass is 9.80. The molecule has 3 aromatic rings. The smallest absolute Gasteiger partial charge is 0.341 e. The Morgan fingerprint density at radius 2 is 1.85 bits per heavy atom. The first-order valence-corrected chi connectivity index (χ1v) is 10.3. The number of hydrogen-bond acceptors (Lipinski definition) is 4. The number of ether oxygens (including phenoxy) is 1. The third-order valence-electron chi connectivity index (χ3n) is 5.12. The van der Waals surface area contributed by atoms with Crippen LogP contribution < -0.4 is 5.32 Å². The second-order valence-corrected chi connectivity index (χ2v) is 7.69. The zero-order valence-electron chi connectivity index (χ0n) is 15.4. The molecule has 1 aromatic heterocycles. The van der Waals surface area contributed by atoms with Gasteiger partial charge in [0.05, 0.1) is 12.2 Å². The fourth-order valence-corrected chi connectivity index (χ4v) is 4.84. The Morgan fingerprint density at radius 3 is 2.63 bits per heavy atom. The van der Waals surface area contributed by atoms with Gasteiger partial charge in [0.15, 0.2) is 0 Å². The van der Waals surface area contributed by atoms with Crippen LogP contribution in [0.2, 0.25) is 0 Å². The lowest BCUT2D eigenvalue weighted by Crippen LogP contribution is -2.16. The molecule has 4 rings (SSSR count). The number of anilines is 2. The molecule has 27 heavy (non-hydrogen) atoms. The number of thiophene rings is 1. The quantitative estimate of drug-likeness (QED) is 0.559. The lowest BCUT2D eigenvalue weighted by molar-refractivity contribution is 0.0526. The maximum Gasteiger partial charge on any atom is 0.341 e. The third kappa shape index (κ3) is 3.76. The maximum atomic E-state index is 12.8. The van der Waals surface area contributed by atoms with Crippen LogP contribution in [0.4, 0.5) is 10.7 Å². The fourth-order valence-electron chi connectivity index (χ4n) is 3.79. The van der Waals surface area contributed by atoms with Gasteiger partial charge in [-0.2, -0.15) is 0 Å². The van der Waals surface area contributed by atoms with Crippen LogP contribution in [0.25, 0.3) is 0 Å². The molecule has 0 radical (unpaired) electrons. The van der Waals surface area contributed by atoms with E-state index in [1.165, 1.54) is 11.1 Å².